The molecule has 0 aromatic carbocycles. The summed E-state index contributed by atoms with van der Waals surface area (Å²) in [5.41, 5.74) is -3.09. The monoisotopic (exact) mass is 418 g/mol. The molecule has 0 bridgehead atoms. The van der Waals surface area contributed by atoms with Gasteiger partial charge in [-0.25, -0.2) is 0 Å². The van der Waals surface area contributed by atoms with E-state index in [1.165, 1.54) is 0 Å². The fraction of sp³-hybridized carbons (Fsp3) is 0.500. The number of allylic oxidation sites excluding steroid dienone is 1. The summed E-state index contributed by atoms with van der Waals surface area (Å²) < 4.78 is 79.7. The third-order valence-electron chi connectivity index (χ3n) is 0.956. The van der Waals surface area contributed by atoms with Crippen molar-refractivity contribution in [1.29, 1.82) is 0 Å². The first-order chi connectivity index (χ1) is 5.60. The predicted octanol–water partition coefficient (Wildman–Crippen LogP) is 3.53. The quantitative estimate of drug-likeness (QED) is 0.453. The molecule has 9 heteroatoms. The van der Waals surface area contributed by atoms with E-state index in [4.69, 9.17) is 8.25 Å². The summed E-state index contributed by atoms with van der Waals surface area (Å²) >= 11 is -3.32. The summed E-state index contributed by atoms with van der Waals surface area (Å²) in [6.45, 7) is 0. The maximum atomic E-state index is 12.2. The third-order valence-corrected chi connectivity index (χ3v) is 5.30. The van der Waals surface area contributed by atoms with Gasteiger partial charge in [0.2, 0.25) is 0 Å². The molecule has 0 unspecified atom stereocenters. The SMILES string of the molecule is F[C]([Hg][Cl])=C(C(F)(F)F)C(F)(F)F. The Labute approximate surface area is 83.6 Å². The second-order valence-corrected chi connectivity index (χ2v) is 7.71. The molecule has 0 aliphatic rings. The van der Waals surface area contributed by atoms with Crippen molar-refractivity contribution >= 4 is 8.25 Å². The van der Waals surface area contributed by atoms with Crippen LogP contribution in [-0.2, 0) is 23.3 Å². The predicted molar refractivity (Wildman–Crippen MR) is 26.1 cm³/mol. The van der Waals surface area contributed by atoms with Gasteiger partial charge < -0.3 is 0 Å². The van der Waals surface area contributed by atoms with Crippen molar-refractivity contribution < 1.29 is 54.1 Å². The molecule has 74 valence electrons. The zero-order chi connectivity index (χ0) is 10.9. The molecular weight excluding hydrogens is 417 g/mol. The van der Waals surface area contributed by atoms with E-state index in [2.05, 4.69) is 0 Å². The van der Waals surface area contributed by atoms with Gasteiger partial charge in [0.05, 0.1) is 0 Å². The molecule has 0 spiro atoms. The molecule has 13 heavy (non-hydrogen) atoms. The molecule has 0 aromatic rings. The molecule has 0 fully saturated rings. The number of hydrogen-bond acceptors (Lipinski definition) is 0. The second kappa shape index (κ2) is 4.33. The van der Waals surface area contributed by atoms with Crippen LogP contribution in [0.2, 0.25) is 0 Å². The number of rotatable bonds is 1. The van der Waals surface area contributed by atoms with Crippen LogP contribution >= 0.6 is 8.25 Å². The van der Waals surface area contributed by atoms with Gasteiger partial charge in [0, 0.05) is 0 Å². The van der Waals surface area contributed by atoms with Crippen LogP contribution in [0.4, 0.5) is 30.7 Å². The zero-order valence-electron chi connectivity index (χ0n) is 5.73. The van der Waals surface area contributed by atoms with Crippen LogP contribution in [0.5, 0.6) is 0 Å². The molecule has 0 radical (unpaired) electrons. The fourth-order valence-electron chi connectivity index (χ4n) is 0.535. The summed E-state index contributed by atoms with van der Waals surface area (Å²) in [6, 6.07) is 0. The van der Waals surface area contributed by atoms with Crippen molar-refractivity contribution in [3.63, 3.8) is 0 Å². The molecule has 0 nitrogen and oxygen atoms in total. The number of alkyl halides is 6. The molecule has 0 saturated heterocycles. The van der Waals surface area contributed by atoms with Crippen LogP contribution in [0.25, 0.3) is 0 Å². The van der Waals surface area contributed by atoms with Gasteiger partial charge in [0.1, 0.15) is 0 Å². The average Bonchev–Trinajstić information content (AvgIpc) is 1.80. The van der Waals surface area contributed by atoms with Crippen molar-refractivity contribution in [3.8, 4) is 0 Å². The van der Waals surface area contributed by atoms with Crippen LogP contribution < -0.4 is 0 Å². The summed E-state index contributed by atoms with van der Waals surface area (Å²) in [4.78, 5) is 0. The van der Waals surface area contributed by atoms with Gasteiger partial charge in [-0.2, -0.15) is 0 Å². The van der Waals surface area contributed by atoms with Crippen LogP contribution in [0.1, 0.15) is 0 Å². The normalized spacial score (nSPS) is 12.3. The van der Waals surface area contributed by atoms with Crippen molar-refractivity contribution in [2.24, 2.45) is 0 Å². The van der Waals surface area contributed by atoms with E-state index in [9.17, 15) is 30.7 Å². The first-order valence-electron chi connectivity index (χ1n) is 2.69. The van der Waals surface area contributed by atoms with E-state index in [1.807, 2.05) is 0 Å². The molecular formula is C4ClF7Hg. The van der Waals surface area contributed by atoms with Gasteiger partial charge in [-0.1, -0.05) is 0 Å². The summed E-state index contributed by atoms with van der Waals surface area (Å²) in [5.74, 6) is 0. The standard InChI is InChI=1S/C4F7.ClH.Hg/c5-1-2(3(6,7)8)4(9,10)11;;/h;1H;/q;;+1/p-1. The molecule has 0 atom stereocenters. The van der Waals surface area contributed by atoms with Crippen molar-refractivity contribution in [2.75, 3.05) is 0 Å². The molecule has 0 rings (SSSR count). The molecule has 0 aromatic heterocycles. The van der Waals surface area contributed by atoms with Crippen LogP contribution in [0.15, 0.2) is 8.91 Å². The maximum absolute atomic E-state index is 12.2. The van der Waals surface area contributed by atoms with E-state index in [1.54, 1.807) is 0 Å². The van der Waals surface area contributed by atoms with E-state index in [0.717, 1.165) is 0 Å². The van der Waals surface area contributed by atoms with Crippen LogP contribution in [0.3, 0.4) is 0 Å². The Morgan fingerprint density at radius 3 is 1.31 bits per heavy atom. The summed E-state index contributed by atoms with van der Waals surface area (Å²) in [5, 5.41) is 0. The van der Waals surface area contributed by atoms with Gasteiger partial charge in [-0.3, -0.25) is 0 Å². The molecule has 0 heterocycles. The van der Waals surface area contributed by atoms with E-state index < -0.39 is 44.6 Å². The van der Waals surface area contributed by atoms with E-state index in [-0.39, 0.29) is 0 Å². The van der Waals surface area contributed by atoms with Gasteiger partial charge in [0.15, 0.2) is 0 Å². The minimum absolute atomic E-state index is 2.21. The molecule has 0 amide bonds. The van der Waals surface area contributed by atoms with Crippen molar-refractivity contribution in [1.82, 2.24) is 0 Å². The topological polar surface area (TPSA) is 0 Å². The van der Waals surface area contributed by atoms with E-state index in [0.29, 0.717) is 0 Å². The molecule has 0 aliphatic carbocycles. The van der Waals surface area contributed by atoms with Gasteiger partial charge >= 0.3 is 83.6 Å². The average molecular weight is 417 g/mol. The van der Waals surface area contributed by atoms with Gasteiger partial charge in [-0.15, -0.1) is 0 Å². The number of halogens is 8. The molecule has 0 N–H and O–H groups in total. The first-order valence-corrected chi connectivity index (χ1v) is 12.2. The second-order valence-electron chi connectivity index (χ2n) is 1.91. The van der Waals surface area contributed by atoms with Crippen molar-refractivity contribution in [3.05, 3.63) is 8.91 Å². The minimum atomic E-state index is -5.72. The van der Waals surface area contributed by atoms with E-state index >= 15 is 0 Å². The zero-order valence-corrected chi connectivity index (χ0v) is 12.0. The summed E-state index contributed by atoms with van der Waals surface area (Å²) in [6.07, 6.45) is -11.4. The fourth-order valence-corrected chi connectivity index (χ4v) is 3.79. The van der Waals surface area contributed by atoms with Crippen molar-refractivity contribution in [2.45, 2.75) is 12.4 Å². The Balaban J connectivity index is 5.25. The molecule has 0 aliphatic heterocycles. The Hall–Kier alpha value is 0.475. The Morgan fingerprint density at radius 2 is 1.23 bits per heavy atom. The van der Waals surface area contributed by atoms with Gasteiger partial charge in [0.25, 0.3) is 0 Å². The first kappa shape index (κ1) is 13.5. The number of hydrogen-bond donors (Lipinski definition) is 0. The van der Waals surface area contributed by atoms with Crippen LogP contribution in [-0.4, -0.2) is 12.4 Å². The van der Waals surface area contributed by atoms with Crippen LogP contribution in [0, 0.1) is 0 Å². The Bertz CT molecular complexity index is 198. The summed E-state index contributed by atoms with van der Waals surface area (Å²) in [7, 11) is 4.75. The third kappa shape index (κ3) is 4.01. The Kier molecular flexibility index (Phi) is 4.49. The molecule has 0 saturated carbocycles. The Morgan fingerprint density at radius 1 is 0.923 bits per heavy atom. The van der Waals surface area contributed by atoms with Gasteiger partial charge in [-0.05, 0) is 0 Å².